The predicted molar refractivity (Wildman–Crippen MR) is 54.1 cm³/mol. The molecule has 0 radical (unpaired) electrons. The molecule has 2 aromatic heterocycles. The van der Waals surface area contributed by atoms with E-state index in [1.807, 2.05) is 0 Å². The molecular weight excluding hydrogens is 222 g/mol. The number of aromatic amines is 1. The van der Waals surface area contributed by atoms with Crippen LogP contribution in [0.5, 0.6) is 0 Å². The summed E-state index contributed by atoms with van der Waals surface area (Å²) in [6, 6.07) is 3.23. The van der Waals surface area contributed by atoms with Crippen molar-refractivity contribution in [2.75, 3.05) is 0 Å². The van der Waals surface area contributed by atoms with Crippen LogP contribution in [-0.4, -0.2) is 26.8 Å². The van der Waals surface area contributed by atoms with Crippen molar-refractivity contribution in [1.29, 1.82) is 0 Å². The number of H-pyrrole nitrogens is 1. The smallest absolute Gasteiger partial charge is 0.339 e. The molecule has 17 heavy (non-hydrogen) atoms. The fourth-order valence-corrected chi connectivity index (χ4v) is 1.45. The molecule has 0 saturated heterocycles. The molecule has 7 nitrogen and oxygen atoms in total. The summed E-state index contributed by atoms with van der Waals surface area (Å²) in [5.74, 6) is -1.21. The third-order valence-corrected chi connectivity index (χ3v) is 2.21. The highest BCUT2D eigenvalue weighted by Gasteiger charge is 2.16. The SMILES string of the molecule is O=C1N=c2ccc(-c3ncc[nH]3)nc2=NC1=O. The van der Waals surface area contributed by atoms with Gasteiger partial charge in [0.05, 0.1) is 0 Å². The Kier molecular flexibility index (Phi) is 1.91. The zero-order chi connectivity index (χ0) is 11.8. The topological polar surface area (TPSA) is 100 Å². The highest BCUT2D eigenvalue weighted by molar-refractivity contribution is 6.36. The number of rotatable bonds is 1. The zero-order valence-electron chi connectivity index (χ0n) is 8.41. The van der Waals surface area contributed by atoms with E-state index in [0.717, 1.165) is 0 Å². The molecule has 0 aromatic carbocycles. The van der Waals surface area contributed by atoms with Crippen molar-refractivity contribution in [3.05, 3.63) is 35.4 Å². The van der Waals surface area contributed by atoms with Crippen LogP contribution in [-0.2, 0) is 9.59 Å². The van der Waals surface area contributed by atoms with Crippen LogP contribution in [0.25, 0.3) is 11.5 Å². The number of nitrogens with one attached hydrogen (secondary N) is 1. The minimum atomic E-state index is -0.901. The summed E-state index contributed by atoms with van der Waals surface area (Å²) in [7, 11) is 0. The average Bonchev–Trinajstić information content (AvgIpc) is 2.83. The molecule has 0 aliphatic carbocycles. The van der Waals surface area contributed by atoms with Crippen LogP contribution in [0, 0.1) is 0 Å². The Labute approximate surface area is 94.0 Å². The summed E-state index contributed by atoms with van der Waals surface area (Å²) >= 11 is 0. The summed E-state index contributed by atoms with van der Waals surface area (Å²) < 4.78 is 0. The lowest BCUT2D eigenvalue weighted by Gasteiger charge is -1.98. The number of hydrogen-bond acceptors (Lipinski definition) is 4. The summed E-state index contributed by atoms with van der Waals surface area (Å²) in [6.45, 7) is 0. The number of pyridine rings is 1. The molecular formula is C10H5N5O2. The number of carbonyl (C=O) groups excluding carboxylic acids is 2. The van der Waals surface area contributed by atoms with Crippen LogP contribution in [0.4, 0.5) is 0 Å². The van der Waals surface area contributed by atoms with Gasteiger partial charge in [0, 0.05) is 12.4 Å². The Morgan fingerprint density at radius 1 is 1.06 bits per heavy atom. The summed E-state index contributed by atoms with van der Waals surface area (Å²) in [4.78, 5) is 40.3. The lowest BCUT2D eigenvalue weighted by molar-refractivity contribution is -0.135. The van der Waals surface area contributed by atoms with Crippen molar-refractivity contribution in [3.63, 3.8) is 0 Å². The molecule has 7 heteroatoms. The molecule has 1 aliphatic heterocycles. The molecule has 0 fully saturated rings. The molecule has 1 aliphatic rings. The summed E-state index contributed by atoms with van der Waals surface area (Å²) in [6.07, 6.45) is 3.25. The monoisotopic (exact) mass is 227 g/mol. The fourth-order valence-electron chi connectivity index (χ4n) is 1.45. The van der Waals surface area contributed by atoms with Gasteiger partial charge in [0.25, 0.3) is 0 Å². The second-order valence-corrected chi connectivity index (χ2v) is 3.31. The molecule has 3 rings (SSSR count). The van der Waals surface area contributed by atoms with Crippen molar-refractivity contribution in [2.45, 2.75) is 0 Å². The van der Waals surface area contributed by atoms with E-state index in [1.165, 1.54) is 0 Å². The standard InChI is InChI=1S/C10H5N5O2/c16-9-10(17)15-8-6(14-9)2-1-5(13-8)7-11-3-4-12-7/h1-4H,(H,11,12). The van der Waals surface area contributed by atoms with Crippen molar-refractivity contribution < 1.29 is 9.59 Å². The predicted octanol–water partition coefficient (Wildman–Crippen LogP) is -1.22. The van der Waals surface area contributed by atoms with E-state index < -0.39 is 11.8 Å². The average molecular weight is 227 g/mol. The zero-order valence-corrected chi connectivity index (χ0v) is 8.41. The first-order valence-corrected chi connectivity index (χ1v) is 4.76. The Hall–Kier alpha value is -2.70. The van der Waals surface area contributed by atoms with E-state index in [1.54, 1.807) is 24.5 Å². The van der Waals surface area contributed by atoms with Crippen LogP contribution in [0.2, 0.25) is 0 Å². The van der Waals surface area contributed by atoms with Gasteiger partial charge in [-0.05, 0) is 12.1 Å². The highest BCUT2D eigenvalue weighted by atomic mass is 16.2. The van der Waals surface area contributed by atoms with Crippen LogP contribution >= 0.6 is 0 Å². The van der Waals surface area contributed by atoms with Crippen LogP contribution in [0.15, 0.2) is 34.5 Å². The number of fused-ring (bicyclic) bond motifs is 1. The van der Waals surface area contributed by atoms with Gasteiger partial charge in [-0.2, -0.15) is 4.99 Å². The summed E-state index contributed by atoms with van der Waals surface area (Å²) in [5.41, 5.74) is 0.679. The number of aromatic nitrogens is 3. The molecule has 2 aromatic rings. The van der Waals surface area contributed by atoms with E-state index >= 15 is 0 Å². The normalized spacial score (nSPS) is 13.9. The maximum absolute atomic E-state index is 11.1. The number of imidazole rings is 1. The van der Waals surface area contributed by atoms with Gasteiger partial charge in [-0.1, -0.05) is 0 Å². The second-order valence-electron chi connectivity index (χ2n) is 3.31. The first kappa shape index (κ1) is 9.52. The van der Waals surface area contributed by atoms with E-state index in [-0.39, 0.29) is 5.49 Å². The van der Waals surface area contributed by atoms with Gasteiger partial charge in [-0.15, -0.1) is 0 Å². The molecule has 0 atom stereocenters. The number of amides is 2. The molecule has 3 heterocycles. The van der Waals surface area contributed by atoms with E-state index in [2.05, 4.69) is 24.9 Å². The lowest BCUT2D eigenvalue weighted by Crippen LogP contribution is -2.37. The minimum Gasteiger partial charge on any atom is -0.343 e. The summed E-state index contributed by atoms with van der Waals surface area (Å²) in [5, 5.41) is 0.296. The lowest BCUT2D eigenvalue weighted by atomic mass is 10.3. The molecule has 82 valence electrons. The fraction of sp³-hybridized carbons (Fsp3) is 0. The van der Waals surface area contributed by atoms with Gasteiger partial charge in [-0.25, -0.2) is 15.0 Å². The van der Waals surface area contributed by atoms with Gasteiger partial charge in [0.2, 0.25) is 0 Å². The van der Waals surface area contributed by atoms with Crippen molar-refractivity contribution in [1.82, 2.24) is 15.0 Å². The number of carbonyl (C=O) groups is 2. The Morgan fingerprint density at radius 2 is 1.88 bits per heavy atom. The second kappa shape index (κ2) is 3.41. The van der Waals surface area contributed by atoms with E-state index in [4.69, 9.17) is 0 Å². The maximum atomic E-state index is 11.1. The number of nitrogens with zero attached hydrogens (tertiary/aromatic N) is 4. The Morgan fingerprint density at radius 3 is 2.65 bits per heavy atom. The number of hydrogen-bond donors (Lipinski definition) is 1. The maximum Gasteiger partial charge on any atom is 0.339 e. The van der Waals surface area contributed by atoms with E-state index in [9.17, 15) is 9.59 Å². The Bertz CT molecular complexity index is 733. The van der Waals surface area contributed by atoms with Gasteiger partial charge in [0.15, 0.2) is 11.3 Å². The van der Waals surface area contributed by atoms with Gasteiger partial charge in [-0.3, -0.25) is 9.59 Å². The van der Waals surface area contributed by atoms with Gasteiger partial charge in [0.1, 0.15) is 11.1 Å². The van der Waals surface area contributed by atoms with Crippen LogP contribution < -0.4 is 10.8 Å². The van der Waals surface area contributed by atoms with Crippen LogP contribution in [0.3, 0.4) is 0 Å². The molecule has 0 saturated carbocycles. The highest BCUT2D eigenvalue weighted by Crippen LogP contribution is 2.06. The first-order chi connectivity index (χ1) is 8.24. The molecule has 1 N–H and O–H groups in total. The van der Waals surface area contributed by atoms with Gasteiger partial charge >= 0.3 is 11.8 Å². The minimum absolute atomic E-state index is 0.142. The molecule has 0 unspecified atom stereocenters. The molecule has 0 bridgehead atoms. The third-order valence-electron chi connectivity index (χ3n) is 2.21. The first-order valence-electron chi connectivity index (χ1n) is 4.76. The van der Waals surface area contributed by atoms with Crippen molar-refractivity contribution >= 4 is 11.8 Å². The largest absolute Gasteiger partial charge is 0.343 e. The van der Waals surface area contributed by atoms with Crippen LogP contribution in [0.1, 0.15) is 0 Å². The quantitative estimate of drug-likeness (QED) is 0.617. The van der Waals surface area contributed by atoms with E-state index in [0.29, 0.717) is 16.9 Å². The van der Waals surface area contributed by atoms with Crippen molar-refractivity contribution in [3.8, 4) is 11.5 Å². The Balaban J connectivity index is 2.25. The van der Waals surface area contributed by atoms with Gasteiger partial charge < -0.3 is 4.98 Å². The third kappa shape index (κ3) is 1.53. The molecule has 2 amide bonds. The van der Waals surface area contributed by atoms with Crippen molar-refractivity contribution in [2.24, 2.45) is 9.98 Å². The molecule has 0 spiro atoms.